The van der Waals surface area contributed by atoms with E-state index in [9.17, 15) is 0 Å². The third kappa shape index (κ3) is 5.51. The Morgan fingerprint density at radius 2 is 0.933 bits per heavy atom. The van der Waals surface area contributed by atoms with E-state index in [4.69, 9.17) is 0 Å². The number of nitrogens with two attached hydrogens (primary N) is 1. The fourth-order valence-corrected chi connectivity index (χ4v) is 6.62. The van der Waals surface area contributed by atoms with Crippen LogP contribution in [-0.2, 0) is 6.42 Å². The summed E-state index contributed by atoms with van der Waals surface area (Å²) in [5.41, 5.74) is 17.3. The molecule has 0 saturated carbocycles. The van der Waals surface area contributed by atoms with Crippen LogP contribution < -0.4 is 16.2 Å². The Labute approximate surface area is 265 Å². The molecule has 0 heterocycles. The van der Waals surface area contributed by atoms with Gasteiger partial charge in [0.1, 0.15) is 0 Å². The smallest absolute Gasteiger partial charge is 0.000749 e. The van der Waals surface area contributed by atoms with Gasteiger partial charge in [-0.2, -0.15) is 0 Å². The van der Waals surface area contributed by atoms with Crippen LogP contribution in [-0.4, -0.2) is 7.05 Å². The van der Waals surface area contributed by atoms with Crippen LogP contribution in [0, 0.1) is 0 Å². The van der Waals surface area contributed by atoms with Gasteiger partial charge in [0.05, 0.1) is 0 Å². The van der Waals surface area contributed by atoms with E-state index in [0.717, 1.165) is 6.42 Å². The Bertz CT molecular complexity index is 2260. The second-order valence-electron chi connectivity index (χ2n) is 11.3. The van der Waals surface area contributed by atoms with Crippen LogP contribution in [0.5, 0.6) is 0 Å². The third-order valence-corrected chi connectivity index (χ3v) is 8.73. The van der Waals surface area contributed by atoms with Crippen LogP contribution in [0.2, 0.25) is 0 Å². The van der Waals surface area contributed by atoms with Gasteiger partial charge in [-0.1, -0.05) is 152 Å². The van der Waals surface area contributed by atoms with E-state index in [1.165, 1.54) is 83.9 Å². The highest BCUT2D eigenvalue weighted by Crippen LogP contribution is 2.33. The summed E-state index contributed by atoms with van der Waals surface area (Å²) in [6.45, 7) is 0. The van der Waals surface area contributed by atoms with Gasteiger partial charge in [0.15, 0.2) is 0 Å². The van der Waals surface area contributed by atoms with Crippen molar-refractivity contribution in [2.45, 2.75) is 6.42 Å². The van der Waals surface area contributed by atoms with Crippen LogP contribution >= 0.6 is 0 Å². The molecule has 7 aromatic rings. The predicted molar refractivity (Wildman–Crippen MR) is 191 cm³/mol. The van der Waals surface area contributed by atoms with Crippen molar-refractivity contribution in [1.29, 1.82) is 0 Å². The molecule has 216 valence electrons. The monoisotopic (exact) mass is 577 g/mol. The highest BCUT2D eigenvalue weighted by Gasteiger charge is 2.19. The second kappa shape index (κ2) is 12.6. The van der Waals surface area contributed by atoms with Gasteiger partial charge < -0.3 is 5.73 Å². The Kier molecular flexibility index (Phi) is 7.93. The molecule has 0 fully saturated rings. The van der Waals surface area contributed by atoms with Crippen LogP contribution in [0.1, 0.15) is 22.3 Å². The molecule has 0 bridgehead atoms. The minimum absolute atomic E-state index is 0.871. The lowest BCUT2D eigenvalue weighted by Gasteiger charge is -2.14. The Hall–Kier alpha value is -5.50. The summed E-state index contributed by atoms with van der Waals surface area (Å²) in [4.78, 5) is 0. The zero-order chi connectivity index (χ0) is 30.6. The molecule has 7 aromatic carbocycles. The van der Waals surface area contributed by atoms with Gasteiger partial charge in [0, 0.05) is 0 Å². The van der Waals surface area contributed by atoms with Gasteiger partial charge in [0.2, 0.25) is 0 Å². The molecule has 0 aliphatic heterocycles. The summed E-state index contributed by atoms with van der Waals surface area (Å²) < 4.78 is 0. The third-order valence-electron chi connectivity index (χ3n) is 8.73. The van der Waals surface area contributed by atoms with Crippen molar-refractivity contribution in [3.63, 3.8) is 0 Å². The minimum atomic E-state index is 0.871. The number of fused-ring (bicyclic) bond motifs is 3. The topological polar surface area (TPSA) is 26.0 Å². The number of hydrogen-bond donors (Lipinski definition) is 1. The van der Waals surface area contributed by atoms with Crippen molar-refractivity contribution < 1.29 is 0 Å². The lowest BCUT2D eigenvalue weighted by Crippen LogP contribution is -2.29. The molecule has 0 spiro atoms. The summed E-state index contributed by atoms with van der Waals surface area (Å²) >= 11 is 0. The summed E-state index contributed by atoms with van der Waals surface area (Å²) in [5.74, 6) is 0. The quantitative estimate of drug-likeness (QED) is 0.222. The Morgan fingerprint density at radius 3 is 1.76 bits per heavy atom. The van der Waals surface area contributed by atoms with E-state index in [-0.39, 0.29) is 0 Å². The van der Waals surface area contributed by atoms with Crippen molar-refractivity contribution in [2.75, 3.05) is 7.05 Å². The van der Waals surface area contributed by atoms with Gasteiger partial charge >= 0.3 is 0 Å². The lowest BCUT2D eigenvalue weighted by molar-refractivity contribution is 1.25. The number of benzene rings is 7. The second-order valence-corrected chi connectivity index (χ2v) is 11.3. The molecule has 1 heteroatoms. The Balaban J connectivity index is 0.00000160. The first-order valence-corrected chi connectivity index (χ1v) is 15.6. The SMILES string of the molecule is CN.c1ccc(-c2cccc(C3=c4ccccc4=C(c4cccc(-c5ccc6ccccc6c5)c4)Cc4ccccc43)c2)cc1. The average Bonchev–Trinajstić information content (AvgIpc) is 3.27. The van der Waals surface area contributed by atoms with E-state index in [2.05, 4.69) is 176 Å². The maximum absolute atomic E-state index is 4.50. The maximum Gasteiger partial charge on any atom is -0.000749 e. The standard InChI is InChI=1S/C43H30.CH5N/c1-2-12-30(13-3-1)33-17-11-20-38(28-33)43-39-21-7-6-16-37(39)29-42(40-22-8-9-23-41(40)43)36-19-10-18-34(27-36)35-25-24-31-14-4-5-15-32(31)26-35;1-2/h1-28H,29H2;2H2,1H3. The van der Waals surface area contributed by atoms with Gasteiger partial charge in [-0.05, 0) is 109 Å². The molecule has 8 rings (SSSR count). The fraction of sp³-hybridized carbons (Fsp3) is 0.0455. The summed E-state index contributed by atoms with van der Waals surface area (Å²) in [5, 5.41) is 5.12. The maximum atomic E-state index is 4.50. The summed E-state index contributed by atoms with van der Waals surface area (Å²) in [7, 11) is 1.50. The van der Waals surface area contributed by atoms with Crippen molar-refractivity contribution in [2.24, 2.45) is 5.73 Å². The molecule has 1 nitrogen and oxygen atoms in total. The molecule has 0 radical (unpaired) electrons. The molecule has 0 unspecified atom stereocenters. The van der Waals surface area contributed by atoms with E-state index in [0.29, 0.717) is 0 Å². The van der Waals surface area contributed by atoms with Crippen LogP contribution in [0.3, 0.4) is 0 Å². The molecule has 0 amide bonds. The van der Waals surface area contributed by atoms with Crippen molar-refractivity contribution in [3.8, 4) is 22.3 Å². The van der Waals surface area contributed by atoms with Gasteiger partial charge in [-0.25, -0.2) is 0 Å². The normalized spacial score (nSPS) is 12.0. The van der Waals surface area contributed by atoms with E-state index >= 15 is 0 Å². The predicted octanol–water partition coefficient (Wildman–Crippen LogP) is 8.75. The van der Waals surface area contributed by atoms with Crippen LogP contribution in [0.25, 0.3) is 44.2 Å². The first-order valence-electron chi connectivity index (χ1n) is 15.6. The highest BCUT2D eigenvalue weighted by molar-refractivity contribution is 5.89. The fourth-order valence-electron chi connectivity index (χ4n) is 6.62. The zero-order valence-corrected chi connectivity index (χ0v) is 25.5. The zero-order valence-electron chi connectivity index (χ0n) is 25.5. The molecular formula is C44H35N. The molecule has 1 aliphatic carbocycles. The van der Waals surface area contributed by atoms with Crippen molar-refractivity contribution in [1.82, 2.24) is 0 Å². The van der Waals surface area contributed by atoms with Gasteiger partial charge in [0.25, 0.3) is 0 Å². The highest BCUT2D eigenvalue weighted by atomic mass is 14.4. The molecule has 0 atom stereocenters. The molecule has 45 heavy (non-hydrogen) atoms. The molecule has 0 saturated heterocycles. The molecule has 2 N–H and O–H groups in total. The number of rotatable bonds is 4. The Morgan fingerprint density at radius 1 is 0.378 bits per heavy atom. The molecular weight excluding hydrogens is 542 g/mol. The van der Waals surface area contributed by atoms with Crippen molar-refractivity contribution >= 4 is 21.9 Å². The van der Waals surface area contributed by atoms with E-state index < -0.39 is 0 Å². The lowest BCUT2D eigenvalue weighted by atomic mass is 9.89. The van der Waals surface area contributed by atoms with Gasteiger partial charge in [-0.3, -0.25) is 0 Å². The average molecular weight is 578 g/mol. The van der Waals surface area contributed by atoms with Crippen LogP contribution in [0.4, 0.5) is 0 Å². The first kappa shape index (κ1) is 28.3. The summed E-state index contributed by atoms with van der Waals surface area (Å²) in [6.07, 6.45) is 0.871. The largest absolute Gasteiger partial charge is 0.333 e. The van der Waals surface area contributed by atoms with Crippen LogP contribution in [0.15, 0.2) is 170 Å². The summed E-state index contributed by atoms with van der Waals surface area (Å²) in [6, 6.07) is 62.1. The van der Waals surface area contributed by atoms with Crippen molar-refractivity contribution in [3.05, 3.63) is 203 Å². The molecule has 0 aromatic heterocycles. The first-order chi connectivity index (χ1) is 22.3. The van der Waals surface area contributed by atoms with E-state index in [1.807, 2.05) is 0 Å². The molecule has 1 aliphatic rings. The number of hydrogen-bond acceptors (Lipinski definition) is 1. The van der Waals surface area contributed by atoms with Gasteiger partial charge in [-0.15, -0.1) is 0 Å². The van der Waals surface area contributed by atoms with E-state index in [1.54, 1.807) is 0 Å². The minimum Gasteiger partial charge on any atom is -0.333 e.